The smallest absolute Gasteiger partial charge is 0.133 e. The van der Waals surface area contributed by atoms with Crippen LogP contribution in [0, 0.1) is 34.5 Å². The van der Waals surface area contributed by atoms with Crippen LogP contribution >= 0.6 is 0 Å². The third kappa shape index (κ3) is 2.96. The third-order valence-corrected chi connectivity index (χ3v) is 10.5. The Labute approximate surface area is 176 Å². The van der Waals surface area contributed by atoms with Crippen LogP contribution in [0.5, 0.6) is 0 Å². The SMILES string of the molecule is C[C@@]12CCC(=O)C[C@@H]1CC[C@H]1[C@H]3CC[C@](O)(CCc4ccccc4)[C@]3(C)CC[C@@H]12. The van der Waals surface area contributed by atoms with Crippen LogP contribution < -0.4 is 0 Å². The van der Waals surface area contributed by atoms with E-state index in [1.54, 1.807) is 0 Å². The molecule has 1 aromatic carbocycles. The van der Waals surface area contributed by atoms with Crippen molar-refractivity contribution in [2.75, 3.05) is 0 Å². The summed E-state index contributed by atoms with van der Waals surface area (Å²) in [5, 5.41) is 11.9. The number of aliphatic hydroxyl groups is 1. The maximum atomic E-state index is 12.1. The van der Waals surface area contributed by atoms with E-state index in [9.17, 15) is 9.90 Å². The average molecular weight is 395 g/mol. The Kier molecular flexibility index (Phi) is 4.74. The number of rotatable bonds is 3. The zero-order valence-corrected chi connectivity index (χ0v) is 18.3. The first-order valence-electron chi connectivity index (χ1n) is 12.1. The Hall–Kier alpha value is -1.15. The highest BCUT2D eigenvalue weighted by Crippen LogP contribution is 2.68. The highest BCUT2D eigenvalue weighted by atomic mass is 16.3. The number of hydrogen-bond donors (Lipinski definition) is 1. The number of benzene rings is 1. The minimum atomic E-state index is -0.515. The molecule has 0 aliphatic heterocycles. The number of Topliss-reactive ketones (excluding diaryl/α,β-unsaturated/α-hetero) is 1. The normalized spacial score (nSPS) is 46.7. The van der Waals surface area contributed by atoms with Crippen LogP contribution in [0.25, 0.3) is 0 Å². The minimum absolute atomic E-state index is 0.0661. The van der Waals surface area contributed by atoms with Gasteiger partial charge in [0.25, 0.3) is 0 Å². The summed E-state index contributed by atoms with van der Waals surface area (Å²) in [7, 11) is 0. The number of ketones is 1. The molecular formula is C27H38O2. The van der Waals surface area contributed by atoms with E-state index in [-0.39, 0.29) is 5.41 Å². The summed E-state index contributed by atoms with van der Waals surface area (Å²) >= 11 is 0. The van der Waals surface area contributed by atoms with Gasteiger partial charge in [0, 0.05) is 12.8 Å². The van der Waals surface area contributed by atoms with Crippen molar-refractivity contribution in [2.45, 2.75) is 90.1 Å². The summed E-state index contributed by atoms with van der Waals surface area (Å²) in [4.78, 5) is 12.1. The number of carbonyl (C=O) groups excluding carboxylic acids is 1. The Morgan fingerprint density at radius 1 is 0.966 bits per heavy atom. The quantitative estimate of drug-likeness (QED) is 0.686. The van der Waals surface area contributed by atoms with Gasteiger partial charge in [0.1, 0.15) is 5.78 Å². The van der Waals surface area contributed by atoms with Gasteiger partial charge in [0.15, 0.2) is 0 Å². The molecule has 0 heterocycles. The minimum Gasteiger partial charge on any atom is -0.389 e. The monoisotopic (exact) mass is 394 g/mol. The molecule has 0 radical (unpaired) electrons. The highest BCUT2D eigenvalue weighted by molar-refractivity contribution is 5.79. The summed E-state index contributed by atoms with van der Waals surface area (Å²) in [5.41, 5.74) is 1.26. The van der Waals surface area contributed by atoms with E-state index in [1.807, 2.05) is 0 Å². The lowest BCUT2D eigenvalue weighted by Crippen LogP contribution is -2.56. The van der Waals surface area contributed by atoms with Crippen LogP contribution in [-0.4, -0.2) is 16.5 Å². The molecule has 4 aliphatic carbocycles. The van der Waals surface area contributed by atoms with Gasteiger partial charge < -0.3 is 5.11 Å². The van der Waals surface area contributed by atoms with Crippen LogP contribution in [0.3, 0.4) is 0 Å². The standard InChI is InChI=1S/C27H38O2/c1-25-14-11-21(28)18-20(25)8-9-22-23(25)12-15-26(2)24(22)13-17-27(26,29)16-10-19-6-4-3-5-7-19/h3-7,20,22-24,29H,8-18H2,1-2H3/t20-,22+,23-,24+,25+,26+,27+/m0/s1. The molecule has 158 valence electrons. The van der Waals surface area contributed by atoms with Crippen molar-refractivity contribution in [3.8, 4) is 0 Å². The van der Waals surface area contributed by atoms with Gasteiger partial charge in [0.2, 0.25) is 0 Å². The number of fused-ring (bicyclic) bond motifs is 5. The van der Waals surface area contributed by atoms with E-state index in [1.165, 1.54) is 37.7 Å². The average Bonchev–Trinajstić information content (AvgIpc) is 2.99. The summed E-state index contributed by atoms with van der Waals surface area (Å²) in [6.45, 7) is 4.94. The second-order valence-electron chi connectivity index (χ2n) is 11.4. The summed E-state index contributed by atoms with van der Waals surface area (Å²) in [5.74, 6) is 3.31. The first-order valence-corrected chi connectivity index (χ1v) is 12.1. The first kappa shape index (κ1) is 19.8. The molecule has 1 aromatic rings. The van der Waals surface area contributed by atoms with Crippen molar-refractivity contribution in [2.24, 2.45) is 34.5 Å². The summed E-state index contributed by atoms with van der Waals surface area (Å²) in [6.07, 6.45) is 11.7. The second kappa shape index (κ2) is 6.94. The molecule has 4 saturated carbocycles. The molecule has 2 heteroatoms. The van der Waals surface area contributed by atoms with Gasteiger partial charge in [-0.2, -0.15) is 0 Å². The van der Waals surface area contributed by atoms with Crippen LogP contribution in [-0.2, 0) is 11.2 Å². The summed E-state index contributed by atoms with van der Waals surface area (Å²) < 4.78 is 0. The van der Waals surface area contributed by atoms with Gasteiger partial charge in [-0.25, -0.2) is 0 Å². The zero-order chi connectivity index (χ0) is 20.3. The Balaban J connectivity index is 1.36. The molecule has 0 spiro atoms. The van der Waals surface area contributed by atoms with Crippen LogP contribution in [0.1, 0.15) is 83.6 Å². The van der Waals surface area contributed by atoms with Crippen LogP contribution in [0.15, 0.2) is 30.3 Å². The van der Waals surface area contributed by atoms with Crippen molar-refractivity contribution < 1.29 is 9.90 Å². The van der Waals surface area contributed by atoms with Crippen molar-refractivity contribution in [3.05, 3.63) is 35.9 Å². The van der Waals surface area contributed by atoms with Crippen LogP contribution in [0.2, 0.25) is 0 Å². The van der Waals surface area contributed by atoms with Gasteiger partial charge in [-0.1, -0.05) is 44.2 Å². The van der Waals surface area contributed by atoms with E-state index in [0.717, 1.165) is 50.4 Å². The van der Waals surface area contributed by atoms with E-state index >= 15 is 0 Å². The van der Waals surface area contributed by atoms with E-state index in [0.29, 0.717) is 23.0 Å². The first-order chi connectivity index (χ1) is 13.9. The fraction of sp³-hybridized carbons (Fsp3) is 0.741. The number of carbonyl (C=O) groups is 1. The van der Waals surface area contributed by atoms with E-state index < -0.39 is 5.60 Å². The predicted molar refractivity (Wildman–Crippen MR) is 116 cm³/mol. The van der Waals surface area contributed by atoms with Crippen molar-refractivity contribution in [3.63, 3.8) is 0 Å². The van der Waals surface area contributed by atoms with Gasteiger partial charge >= 0.3 is 0 Å². The third-order valence-electron chi connectivity index (χ3n) is 10.5. The van der Waals surface area contributed by atoms with Crippen LogP contribution in [0.4, 0.5) is 0 Å². The largest absolute Gasteiger partial charge is 0.389 e. The molecule has 0 amide bonds. The van der Waals surface area contributed by atoms with Gasteiger partial charge in [-0.15, -0.1) is 0 Å². The Bertz CT molecular complexity index is 772. The Morgan fingerprint density at radius 2 is 1.72 bits per heavy atom. The fourth-order valence-corrected chi connectivity index (χ4v) is 8.56. The maximum absolute atomic E-state index is 12.1. The van der Waals surface area contributed by atoms with E-state index in [4.69, 9.17) is 0 Å². The number of hydrogen-bond acceptors (Lipinski definition) is 2. The van der Waals surface area contributed by atoms with Gasteiger partial charge in [0.05, 0.1) is 5.60 Å². The number of aryl methyl sites for hydroxylation is 1. The molecule has 0 aromatic heterocycles. The highest BCUT2D eigenvalue weighted by Gasteiger charge is 2.64. The molecule has 0 unspecified atom stereocenters. The Morgan fingerprint density at radius 3 is 2.52 bits per heavy atom. The molecule has 0 bridgehead atoms. The molecule has 2 nitrogen and oxygen atoms in total. The molecule has 5 rings (SSSR count). The topological polar surface area (TPSA) is 37.3 Å². The van der Waals surface area contributed by atoms with Gasteiger partial charge in [-0.05, 0) is 97.9 Å². The lowest BCUT2D eigenvalue weighted by atomic mass is 9.44. The molecular weight excluding hydrogens is 356 g/mol. The predicted octanol–water partition coefficient (Wildman–Crippen LogP) is 5.96. The molecule has 1 N–H and O–H groups in total. The van der Waals surface area contributed by atoms with Crippen molar-refractivity contribution >= 4 is 5.78 Å². The van der Waals surface area contributed by atoms with Crippen molar-refractivity contribution in [1.82, 2.24) is 0 Å². The van der Waals surface area contributed by atoms with Crippen molar-refractivity contribution in [1.29, 1.82) is 0 Å². The lowest BCUT2D eigenvalue weighted by Gasteiger charge is -2.61. The molecule has 4 aliphatic rings. The summed E-state index contributed by atoms with van der Waals surface area (Å²) in [6, 6.07) is 10.7. The fourth-order valence-electron chi connectivity index (χ4n) is 8.56. The second-order valence-corrected chi connectivity index (χ2v) is 11.4. The molecule has 29 heavy (non-hydrogen) atoms. The molecule has 7 atom stereocenters. The lowest BCUT2D eigenvalue weighted by molar-refractivity contribution is -0.158. The molecule has 4 fully saturated rings. The maximum Gasteiger partial charge on any atom is 0.133 e. The zero-order valence-electron chi connectivity index (χ0n) is 18.3. The molecule has 0 saturated heterocycles. The van der Waals surface area contributed by atoms with Gasteiger partial charge in [-0.3, -0.25) is 4.79 Å². The van der Waals surface area contributed by atoms with E-state index in [2.05, 4.69) is 44.2 Å².